The molecule has 1 aromatic heterocycles. The van der Waals surface area contributed by atoms with Crippen molar-refractivity contribution in [2.24, 2.45) is 0 Å². The van der Waals surface area contributed by atoms with Crippen LogP contribution in [0.5, 0.6) is 0 Å². The van der Waals surface area contributed by atoms with Gasteiger partial charge in [-0.15, -0.1) is 0 Å². The minimum atomic E-state index is -0.350. The van der Waals surface area contributed by atoms with Crippen molar-refractivity contribution in [3.05, 3.63) is 88.3 Å². The zero-order valence-corrected chi connectivity index (χ0v) is 14.6. The van der Waals surface area contributed by atoms with Crippen LogP contribution in [0.1, 0.15) is 17.7 Å². The van der Waals surface area contributed by atoms with E-state index in [9.17, 15) is 9.59 Å². The lowest BCUT2D eigenvalue weighted by Crippen LogP contribution is -2.17. The highest BCUT2D eigenvalue weighted by Crippen LogP contribution is 2.16. The van der Waals surface area contributed by atoms with Crippen molar-refractivity contribution in [3.63, 3.8) is 0 Å². The van der Waals surface area contributed by atoms with E-state index >= 15 is 0 Å². The molecule has 4 aromatic rings. The van der Waals surface area contributed by atoms with Crippen LogP contribution in [0.4, 0.5) is 0 Å². The summed E-state index contributed by atoms with van der Waals surface area (Å²) >= 11 is 0. The smallest absolute Gasteiger partial charge is 0.306 e. The van der Waals surface area contributed by atoms with Crippen molar-refractivity contribution in [1.82, 2.24) is 9.97 Å². The molecule has 3 aromatic carbocycles. The standard InChI is InChI=1S/C22H18N2O3/c25-21(27-14-15-9-10-16-5-1-2-6-17(16)13-15)12-11-20-22(26)24-19-8-4-3-7-18(19)23-20/h1-10,13H,11-12,14H2,(H,24,26). The number of benzene rings is 3. The number of esters is 1. The molecule has 0 bridgehead atoms. The monoisotopic (exact) mass is 358 g/mol. The summed E-state index contributed by atoms with van der Waals surface area (Å²) < 4.78 is 5.35. The number of aromatic amines is 1. The van der Waals surface area contributed by atoms with Crippen LogP contribution in [-0.2, 0) is 22.6 Å². The second kappa shape index (κ2) is 7.41. The van der Waals surface area contributed by atoms with Crippen LogP contribution >= 0.6 is 0 Å². The summed E-state index contributed by atoms with van der Waals surface area (Å²) in [5.74, 6) is -0.350. The SMILES string of the molecule is O=C(CCc1nc2ccccc2[nH]c1=O)OCc1ccc2ccccc2c1. The summed E-state index contributed by atoms with van der Waals surface area (Å²) in [5.41, 5.74) is 2.40. The maximum atomic E-state index is 12.1. The van der Waals surface area contributed by atoms with Gasteiger partial charge in [0.05, 0.1) is 17.5 Å². The first-order valence-corrected chi connectivity index (χ1v) is 8.80. The van der Waals surface area contributed by atoms with Crippen molar-refractivity contribution >= 4 is 27.8 Å². The number of rotatable bonds is 5. The lowest BCUT2D eigenvalue weighted by molar-refractivity contribution is -0.144. The number of nitrogens with one attached hydrogen (secondary N) is 1. The van der Waals surface area contributed by atoms with Crippen LogP contribution in [0.25, 0.3) is 21.8 Å². The van der Waals surface area contributed by atoms with Crippen LogP contribution in [0.15, 0.2) is 71.5 Å². The molecule has 0 aliphatic carbocycles. The Morgan fingerprint density at radius 1 is 0.963 bits per heavy atom. The van der Waals surface area contributed by atoms with E-state index in [0.29, 0.717) is 16.7 Å². The zero-order chi connectivity index (χ0) is 18.6. The topological polar surface area (TPSA) is 72.0 Å². The molecule has 134 valence electrons. The van der Waals surface area contributed by atoms with Gasteiger partial charge in [-0.3, -0.25) is 9.59 Å². The Balaban J connectivity index is 1.38. The molecular weight excluding hydrogens is 340 g/mol. The van der Waals surface area contributed by atoms with Gasteiger partial charge in [0.25, 0.3) is 5.56 Å². The largest absolute Gasteiger partial charge is 0.461 e. The van der Waals surface area contributed by atoms with E-state index in [1.54, 1.807) is 6.07 Å². The van der Waals surface area contributed by atoms with E-state index < -0.39 is 0 Å². The summed E-state index contributed by atoms with van der Waals surface area (Å²) in [5, 5.41) is 2.26. The highest BCUT2D eigenvalue weighted by Gasteiger charge is 2.09. The van der Waals surface area contributed by atoms with Gasteiger partial charge in [0.1, 0.15) is 12.3 Å². The molecule has 0 aliphatic rings. The lowest BCUT2D eigenvalue weighted by atomic mass is 10.1. The fourth-order valence-electron chi connectivity index (χ4n) is 3.02. The molecule has 1 N–H and O–H groups in total. The lowest BCUT2D eigenvalue weighted by Gasteiger charge is -2.06. The van der Waals surface area contributed by atoms with E-state index in [-0.39, 0.29) is 31.0 Å². The Morgan fingerprint density at radius 2 is 1.74 bits per heavy atom. The van der Waals surface area contributed by atoms with Crippen molar-refractivity contribution in [2.75, 3.05) is 0 Å². The fraction of sp³-hybridized carbons (Fsp3) is 0.136. The molecule has 4 rings (SSSR count). The Morgan fingerprint density at radius 3 is 2.63 bits per heavy atom. The van der Waals surface area contributed by atoms with Gasteiger partial charge < -0.3 is 9.72 Å². The van der Waals surface area contributed by atoms with Crippen LogP contribution in [-0.4, -0.2) is 15.9 Å². The number of aryl methyl sites for hydroxylation is 1. The van der Waals surface area contributed by atoms with Crippen molar-refractivity contribution in [1.29, 1.82) is 0 Å². The summed E-state index contributed by atoms with van der Waals surface area (Å²) in [6, 6.07) is 21.3. The highest BCUT2D eigenvalue weighted by molar-refractivity contribution is 5.83. The first kappa shape index (κ1) is 17.0. The average molecular weight is 358 g/mol. The molecule has 0 unspecified atom stereocenters. The number of hydrogen-bond donors (Lipinski definition) is 1. The highest BCUT2D eigenvalue weighted by atomic mass is 16.5. The maximum Gasteiger partial charge on any atom is 0.306 e. The average Bonchev–Trinajstić information content (AvgIpc) is 2.70. The van der Waals surface area contributed by atoms with Gasteiger partial charge in [-0.05, 0) is 34.5 Å². The van der Waals surface area contributed by atoms with Crippen molar-refractivity contribution < 1.29 is 9.53 Å². The van der Waals surface area contributed by atoms with E-state index in [2.05, 4.69) is 9.97 Å². The van der Waals surface area contributed by atoms with Gasteiger partial charge in [0, 0.05) is 6.42 Å². The summed E-state index contributed by atoms with van der Waals surface area (Å²) in [6.07, 6.45) is 0.360. The summed E-state index contributed by atoms with van der Waals surface area (Å²) in [4.78, 5) is 31.3. The Labute approximate surface area is 155 Å². The number of carbonyl (C=O) groups excluding carboxylic acids is 1. The number of carbonyl (C=O) groups is 1. The molecule has 0 radical (unpaired) electrons. The molecule has 5 heteroatoms. The third-order valence-electron chi connectivity index (χ3n) is 4.45. The van der Waals surface area contributed by atoms with Crippen LogP contribution in [0.2, 0.25) is 0 Å². The van der Waals surface area contributed by atoms with Gasteiger partial charge >= 0.3 is 5.97 Å². The van der Waals surface area contributed by atoms with Gasteiger partial charge in [0.15, 0.2) is 0 Å². The Kier molecular flexibility index (Phi) is 4.66. The zero-order valence-electron chi connectivity index (χ0n) is 14.6. The third-order valence-corrected chi connectivity index (χ3v) is 4.45. The summed E-state index contributed by atoms with van der Waals surface area (Å²) in [7, 11) is 0. The van der Waals surface area contributed by atoms with E-state index in [0.717, 1.165) is 16.3 Å². The number of aromatic nitrogens is 2. The molecule has 0 atom stereocenters. The van der Waals surface area contributed by atoms with Gasteiger partial charge in [-0.25, -0.2) is 4.98 Å². The quantitative estimate of drug-likeness (QED) is 0.552. The number of para-hydroxylation sites is 2. The number of H-pyrrole nitrogens is 1. The molecule has 0 aliphatic heterocycles. The Hall–Kier alpha value is -3.47. The van der Waals surface area contributed by atoms with E-state index in [1.807, 2.05) is 60.7 Å². The van der Waals surface area contributed by atoms with E-state index in [1.165, 1.54) is 0 Å². The molecule has 0 saturated heterocycles. The van der Waals surface area contributed by atoms with E-state index in [4.69, 9.17) is 4.74 Å². The number of fused-ring (bicyclic) bond motifs is 2. The fourth-order valence-corrected chi connectivity index (χ4v) is 3.02. The van der Waals surface area contributed by atoms with Crippen LogP contribution < -0.4 is 5.56 Å². The third kappa shape index (κ3) is 3.87. The maximum absolute atomic E-state index is 12.1. The van der Waals surface area contributed by atoms with Crippen molar-refractivity contribution in [2.45, 2.75) is 19.4 Å². The van der Waals surface area contributed by atoms with Crippen LogP contribution in [0.3, 0.4) is 0 Å². The second-order valence-electron chi connectivity index (χ2n) is 6.37. The van der Waals surface area contributed by atoms with Crippen molar-refractivity contribution in [3.8, 4) is 0 Å². The Bertz CT molecular complexity index is 1180. The molecule has 5 nitrogen and oxygen atoms in total. The number of ether oxygens (including phenoxy) is 1. The summed E-state index contributed by atoms with van der Waals surface area (Å²) in [6.45, 7) is 0.213. The minimum Gasteiger partial charge on any atom is -0.461 e. The van der Waals surface area contributed by atoms with Gasteiger partial charge in [-0.1, -0.05) is 48.5 Å². The van der Waals surface area contributed by atoms with Gasteiger partial charge in [-0.2, -0.15) is 0 Å². The predicted octanol–water partition coefficient (Wildman–Crippen LogP) is 3.75. The molecule has 0 fully saturated rings. The normalized spacial score (nSPS) is 11.0. The number of nitrogens with zero attached hydrogens (tertiary/aromatic N) is 1. The van der Waals surface area contributed by atoms with Gasteiger partial charge in [0.2, 0.25) is 0 Å². The molecule has 0 saturated carbocycles. The molecule has 0 spiro atoms. The first-order chi connectivity index (χ1) is 13.2. The first-order valence-electron chi connectivity index (χ1n) is 8.80. The second-order valence-corrected chi connectivity index (χ2v) is 6.37. The molecule has 1 heterocycles. The van der Waals surface area contributed by atoms with Crippen LogP contribution in [0, 0.1) is 0 Å². The molecular formula is C22H18N2O3. The molecule has 0 amide bonds. The minimum absolute atomic E-state index is 0.113. The predicted molar refractivity (Wildman–Crippen MR) is 104 cm³/mol. The molecule has 27 heavy (non-hydrogen) atoms. The number of hydrogen-bond acceptors (Lipinski definition) is 4.